The average Bonchev–Trinajstić information content (AvgIpc) is 3.04. The predicted octanol–water partition coefficient (Wildman–Crippen LogP) is 2.72. The van der Waals surface area contributed by atoms with Crippen LogP contribution in [-0.4, -0.2) is 65.2 Å². The molecule has 1 saturated heterocycles. The van der Waals surface area contributed by atoms with Gasteiger partial charge in [0.05, 0.1) is 18.9 Å². The summed E-state index contributed by atoms with van der Waals surface area (Å²) in [6.45, 7) is 7.62. The highest BCUT2D eigenvalue weighted by Crippen LogP contribution is 2.21. The first-order chi connectivity index (χ1) is 13.6. The standard InChI is InChI=1S/C20H27ClN4O3/c1-16-18(20(21)28-23-16)3-4-19(26)25(15-17-5-7-22-8-6-17)10-2-9-24-11-13-27-14-12-24/h5-8H,2-4,9-15H2,1H3. The number of amides is 1. The number of halogens is 1. The fourth-order valence-corrected chi connectivity index (χ4v) is 3.61. The molecule has 7 nitrogen and oxygen atoms in total. The summed E-state index contributed by atoms with van der Waals surface area (Å²) in [5.74, 6) is 0.107. The van der Waals surface area contributed by atoms with Crippen LogP contribution in [0.2, 0.25) is 5.22 Å². The maximum Gasteiger partial charge on any atom is 0.229 e. The number of aromatic nitrogens is 2. The summed E-state index contributed by atoms with van der Waals surface area (Å²) in [5, 5.41) is 4.13. The number of aryl methyl sites for hydroxylation is 1. The van der Waals surface area contributed by atoms with Crippen LogP contribution >= 0.6 is 11.6 Å². The monoisotopic (exact) mass is 406 g/mol. The number of nitrogens with zero attached hydrogens (tertiary/aromatic N) is 4. The summed E-state index contributed by atoms with van der Waals surface area (Å²) in [4.78, 5) is 21.3. The van der Waals surface area contributed by atoms with E-state index in [1.165, 1.54) is 0 Å². The Hall–Kier alpha value is -1.96. The molecule has 152 valence electrons. The number of rotatable bonds is 9. The lowest BCUT2D eigenvalue weighted by Gasteiger charge is -2.28. The molecule has 0 N–H and O–H groups in total. The zero-order valence-electron chi connectivity index (χ0n) is 16.3. The Labute approximate surface area is 170 Å². The van der Waals surface area contributed by atoms with Crippen LogP contribution in [-0.2, 0) is 22.5 Å². The van der Waals surface area contributed by atoms with Crippen molar-refractivity contribution in [3.8, 4) is 0 Å². The molecule has 2 aromatic heterocycles. The molecule has 0 bridgehead atoms. The zero-order chi connectivity index (χ0) is 19.8. The molecule has 0 saturated carbocycles. The molecule has 0 radical (unpaired) electrons. The van der Waals surface area contributed by atoms with Gasteiger partial charge in [0.2, 0.25) is 11.1 Å². The fraction of sp³-hybridized carbons (Fsp3) is 0.550. The van der Waals surface area contributed by atoms with Crippen LogP contribution in [0.1, 0.15) is 29.7 Å². The van der Waals surface area contributed by atoms with Crippen LogP contribution in [0, 0.1) is 6.92 Å². The molecule has 0 spiro atoms. The lowest BCUT2D eigenvalue weighted by atomic mass is 10.1. The minimum atomic E-state index is 0.107. The number of ether oxygens (including phenoxy) is 1. The van der Waals surface area contributed by atoms with Gasteiger partial charge in [-0.3, -0.25) is 14.7 Å². The lowest BCUT2D eigenvalue weighted by molar-refractivity contribution is -0.132. The van der Waals surface area contributed by atoms with Gasteiger partial charge >= 0.3 is 0 Å². The second-order valence-corrected chi connectivity index (χ2v) is 7.34. The zero-order valence-corrected chi connectivity index (χ0v) is 17.0. The van der Waals surface area contributed by atoms with E-state index in [2.05, 4.69) is 15.0 Å². The van der Waals surface area contributed by atoms with Crippen molar-refractivity contribution in [3.05, 3.63) is 46.6 Å². The number of hydrogen-bond donors (Lipinski definition) is 0. The summed E-state index contributed by atoms with van der Waals surface area (Å²) < 4.78 is 10.4. The Morgan fingerprint density at radius 1 is 1.29 bits per heavy atom. The maximum atomic E-state index is 12.9. The first kappa shape index (κ1) is 20.8. The Kier molecular flexibility index (Phi) is 7.82. The van der Waals surface area contributed by atoms with Crippen LogP contribution < -0.4 is 0 Å². The molecule has 0 unspecified atom stereocenters. The normalized spacial score (nSPS) is 14.9. The number of morpholine rings is 1. The quantitative estimate of drug-likeness (QED) is 0.637. The minimum absolute atomic E-state index is 0.107. The predicted molar refractivity (Wildman–Crippen MR) is 106 cm³/mol. The topological polar surface area (TPSA) is 71.7 Å². The molecule has 0 aliphatic carbocycles. The van der Waals surface area contributed by atoms with Crippen molar-refractivity contribution in [2.24, 2.45) is 0 Å². The molecule has 3 rings (SSSR count). The minimum Gasteiger partial charge on any atom is -0.379 e. The summed E-state index contributed by atoms with van der Waals surface area (Å²) >= 11 is 6.03. The van der Waals surface area contributed by atoms with E-state index in [-0.39, 0.29) is 11.1 Å². The van der Waals surface area contributed by atoms with Crippen molar-refractivity contribution in [2.75, 3.05) is 39.4 Å². The second-order valence-electron chi connectivity index (χ2n) is 7.00. The van der Waals surface area contributed by atoms with Crippen molar-refractivity contribution in [2.45, 2.75) is 32.7 Å². The van der Waals surface area contributed by atoms with Crippen LogP contribution in [0.25, 0.3) is 0 Å². The average molecular weight is 407 g/mol. The Morgan fingerprint density at radius 2 is 2.04 bits per heavy atom. The van der Waals surface area contributed by atoms with Crippen molar-refractivity contribution in [1.29, 1.82) is 0 Å². The van der Waals surface area contributed by atoms with Gasteiger partial charge in [0.25, 0.3) is 0 Å². The van der Waals surface area contributed by atoms with Gasteiger partial charge in [-0.2, -0.15) is 0 Å². The van der Waals surface area contributed by atoms with E-state index >= 15 is 0 Å². The van der Waals surface area contributed by atoms with Crippen molar-refractivity contribution < 1.29 is 14.1 Å². The molecule has 1 amide bonds. The second kappa shape index (κ2) is 10.5. The molecule has 0 atom stereocenters. The molecule has 3 heterocycles. The number of hydrogen-bond acceptors (Lipinski definition) is 6. The third kappa shape index (κ3) is 6.02. The van der Waals surface area contributed by atoms with Gasteiger partial charge in [-0.05, 0) is 49.1 Å². The van der Waals surface area contributed by atoms with Crippen molar-refractivity contribution in [1.82, 2.24) is 19.9 Å². The van der Waals surface area contributed by atoms with Crippen molar-refractivity contribution >= 4 is 17.5 Å². The van der Waals surface area contributed by atoms with Crippen LogP contribution in [0.3, 0.4) is 0 Å². The van der Waals surface area contributed by atoms with E-state index in [1.807, 2.05) is 24.0 Å². The van der Waals surface area contributed by atoms with E-state index in [0.29, 0.717) is 19.4 Å². The number of pyridine rings is 1. The van der Waals surface area contributed by atoms with E-state index in [0.717, 1.165) is 62.6 Å². The largest absolute Gasteiger partial charge is 0.379 e. The highest BCUT2D eigenvalue weighted by Gasteiger charge is 2.18. The van der Waals surface area contributed by atoms with Gasteiger partial charge in [0, 0.05) is 57.1 Å². The van der Waals surface area contributed by atoms with Gasteiger partial charge in [0.1, 0.15) is 0 Å². The van der Waals surface area contributed by atoms with Crippen LogP contribution in [0.4, 0.5) is 0 Å². The van der Waals surface area contributed by atoms with Crippen molar-refractivity contribution in [3.63, 3.8) is 0 Å². The van der Waals surface area contributed by atoms with Gasteiger partial charge in [-0.25, -0.2) is 0 Å². The molecule has 1 aliphatic heterocycles. The summed E-state index contributed by atoms with van der Waals surface area (Å²) in [7, 11) is 0. The van der Waals surface area contributed by atoms with E-state index in [1.54, 1.807) is 12.4 Å². The summed E-state index contributed by atoms with van der Waals surface area (Å²) in [6, 6.07) is 3.90. The van der Waals surface area contributed by atoms with E-state index in [4.69, 9.17) is 20.9 Å². The fourth-order valence-electron chi connectivity index (χ4n) is 3.34. The van der Waals surface area contributed by atoms with Crippen LogP contribution in [0.15, 0.2) is 29.0 Å². The Balaban J connectivity index is 1.56. The highest BCUT2D eigenvalue weighted by molar-refractivity contribution is 6.29. The summed E-state index contributed by atoms with van der Waals surface area (Å²) in [6.07, 6.45) is 5.36. The maximum absolute atomic E-state index is 12.9. The third-order valence-corrected chi connectivity index (χ3v) is 5.30. The smallest absolute Gasteiger partial charge is 0.229 e. The summed E-state index contributed by atoms with van der Waals surface area (Å²) in [5.41, 5.74) is 2.63. The lowest BCUT2D eigenvalue weighted by Crippen LogP contribution is -2.39. The van der Waals surface area contributed by atoms with Crippen LogP contribution in [0.5, 0.6) is 0 Å². The first-order valence-electron chi connectivity index (χ1n) is 9.71. The molecule has 28 heavy (non-hydrogen) atoms. The molecule has 8 heteroatoms. The SMILES string of the molecule is Cc1noc(Cl)c1CCC(=O)N(CCCN1CCOCC1)Cc1ccncc1. The molecule has 1 fully saturated rings. The van der Waals surface area contributed by atoms with Gasteiger partial charge in [0.15, 0.2) is 0 Å². The van der Waals surface area contributed by atoms with Gasteiger partial charge in [-0.15, -0.1) is 0 Å². The third-order valence-electron chi connectivity index (χ3n) is 5.01. The molecular weight excluding hydrogens is 380 g/mol. The van der Waals surface area contributed by atoms with Gasteiger partial charge in [-0.1, -0.05) is 5.16 Å². The highest BCUT2D eigenvalue weighted by atomic mass is 35.5. The van der Waals surface area contributed by atoms with E-state index < -0.39 is 0 Å². The molecule has 0 aromatic carbocycles. The molecule has 2 aromatic rings. The first-order valence-corrected chi connectivity index (χ1v) is 10.1. The number of carbonyl (C=O) groups is 1. The van der Waals surface area contributed by atoms with Gasteiger partial charge < -0.3 is 14.2 Å². The Morgan fingerprint density at radius 3 is 2.71 bits per heavy atom. The van der Waals surface area contributed by atoms with E-state index in [9.17, 15) is 4.79 Å². The molecule has 1 aliphatic rings. The molecular formula is C20H27ClN4O3. The number of carbonyl (C=O) groups excluding carboxylic acids is 1. The Bertz CT molecular complexity index is 728.